The number of ether oxygens (including phenoxy) is 1. The van der Waals surface area contributed by atoms with E-state index in [4.69, 9.17) is 16.3 Å². The number of carbonyl (C=O) groups excluding carboxylic acids is 4. The normalized spacial score (nSPS) is 15.0. The van der Waals surface area contributed by atoms with Crippen LogP contribution in [0.2, 0.25) is 5.02 Å². The van der Waals surface area contributed by atoms with Crippen LogP contribution in [0.25, 0.3) is 0 Å². The fraction of sp³-hybridized carbons (Fsp3) is 0.333. The average Bonchev–Trinajstić information content (AvgIpc) is 3.03. The number of nitrogens with zero attached hydrogens (tertiary/aromatic N) is 5. The van der Waals surface area contributed by atoms with E-state index in [2.05, 4.69) is 10.3 Å². The minimum absolute atomic E-state index is 0.0393. The van der Waals surface area contributed by atoms with Gasteiger partial charge in [0.05, 0.1) is 24.8 Å². The summed E-state index contributed by atoms with van der Waals surface area (Å²) in [5, 5.41) is 12.1. The molecule has 11 nitrogen and oxygen atoms in total. The van der Waals surface area contributed by atoms with Gasteiger partial charge in [-0.25, -0.2) is 18.2 Å². The minimum Gasteiger partial charge on any atom is -0.465 e. The number of aromatic nitrogens is 1. The lowest BCUT2D eigenvalue weighted by Crippen LogP contribution is -2.58. The largest absolute Gasteiger partial charge is 0.465 e. The highest BCUT2D eigenvalue weighted by atomic mass is 35.5. The third kappa shape index (κ3) is 8.67. The van der Waals surface area contributed by atoms with Crippen molar-refractivity contribution >= 4 is 47.3 Å². The Kier molecular flexibility index (Phi) is 11.7. The number of halogens is 4. The summed E-state index contributed by atoms with van der Waals surface area (Å²) in [6.45, 7) is 1.07. The number of likely N-dealkylation sites (N-methyl/N-ethyl adjacent to an activating group) is 1. The Morgan fingerprint density at radius 1 is 1.17 bits per heavy atom. The summed E-state index contributed by atoms with van der Waals surface area (Å²) >= 11 is 6.55. The predicted octanol–water partition coefficient (Wildman–Crippen LogP) is 4.26. The molecule has 15 heteroatoms. The molecule has 2 aromatic carbocycles. The van der Waals surface area contributed by atoms with Gasteiger partial charge in [-0.05, 0) is 50.4 Å². The lowest BCUT2D eigenvalue weighted by molar-refractivity contribution is -0.144. The van der Waals surface area contributed by atoms with Crippen molar-refractivity contribution in [1.29, 1.82) is 5.26 Å². The molecule has 0 aliphatic heterocycles. The average molecular weight is 685 g/mol. The molecule has 1 fully saturated rings. The SMILES string of the molecule is CCOC(=O)CN(C)CC(C(=O)N(c1cccc(F)c1)C(C(=O)NC1CC(F)(F)C1)c1ccccc1Cl)N(C=O)c1cc(C#N)ccn1. The lowest BCUT2D eigenvalue weighted by Gasteiger charge is -2.40. The number of amides is 3. The summed E-state index contributed by atoms with van der Waals surface area (Å²) in [5.74, 6) is -6.31. The first-order valence-electron chi connectivity index (χ1n) is 14.8. The van der Waals surface area contributed by atoms with Crippen LogP contribution in [-0.4, -0.2) is 78.8 Å². The Hall–Kier alpha value is -5.00. The summed E-state index contributed by atoms with van der Waals surface area (Å²) in [5.41, 5.74) is 0.0772. The second-order valence-electron chi connectivity index (χ2n) is 11.1. The van der Waals surface area contributed by atoms with Gasteiger partial charge in [-0.15, -0.1) is 0 Å². The minimum atomic E-state index is -2.97. The van der Waals surface area contributed by atoms with Gasteiger partial charge < -0.3 is 10.1 Å². The highest BCUT2D eigenvalue weighted by molar-refractivity contribution is 6.31. The van der Waals surface area contributed by atoms with Crippen molar-refractivity contribution < 1.29 is 37.1 Å². The van der Waals surface area contributed by atoms with E-state index >= 15 is 0 Å². The van der Waals surface area contributed by atoms with E-state index in [1.165, 1.54) is 54.5 Å². The van der Waals surface area contributed by atoms with Crippen molar-refractivity contribution in [2.75, 3.05) is 36.5 Å². The lowest BCUT2D eigenvalue weighted by atomic mass is 9.87. The van der Waals surface area contributed by atoms with E-state index in [1.54, 1.807) is 19.1 Å². The van der Waals surface area contributed by atoms with Crippen LogP contribution in [0, 0.1) is 17.1 Å². The van der Waals surface area contributed by atoms with Crippen molar-refractivity contribution in [1.82, 2.24) is 15.2 Å². The van der Waals surface area contributed by atoms with Crippen LogP contribution >= 0.6 is 11.6 Å². The van der Waals surface area contributed by atoms with Crippen LogP contribution in [0.4, 0.5) is 24.7 Å². The first-order chi connectivity index (χ1) is 22.9. The van der Waals surface area contributed by atoms with E-state index in [1.807, 2.05) is 6.07 Å². The molecule has 252 valence electrons. The summed E-state index contributed by atoms with van der Waals surface area (Å²) < 4.78 is 47.3. The first-order valence-corrected chi connectivity index (χ1v) is 15.2. The number of rotatable bonds is 14. The first kappa shape index (κ1) is 35.8. The maximum Gasteiger partial charge on any atom is 0.320 e. The molecular formula is C33H32ClF3N6O5. The van der Waals surface area contributed by atoms with Gasteiger partial charge in [-0.3, -0.25) is 33.9 Å². The molecule has 3 amide bonds. The molecule has 0 radical (unpaired) electrons. The van der Waals surface area contributed by atoms with Crippen molar-refractivity contribution in [3.63, 3.8) is 0 Å². The van der Waals surface area contributed by atoms with Crippen LogP contribution in [0.1, 0.15) is 36.9 Å². The van der Waals surface area contributed by atoms with Crippen LogP contribution in [0.15, 0.2) is 66.9 Å². The monoisotopic (exact) mass is 684 g/mol. The van der Waals surface area contributed by atoms with E-state index in [0.29, 0.717) is 6.41 Å². The van der Waals surface area contributed by atoms with E-state index in [-0.39, 0.29) is 47.4 Å². The number of carbonyl (C=O) groups is 4. The molecule has 2 atom stereocenters. The molecule has 48 heavy (non-hydrogen) atoms. The molecule has 0 spiro atoms. The number of hydrogen-bond donors (Lipinski definition) is 1. The van der Waals surface area contributed by atoms with Crippen molar-refractivity contribution in [2.45, 2.75) is 43.8 Å². The number of nitriles is 1. The van der Waals surface area contributed by atoms with Gasteiger partial charge >= 0.3 is 5.97 Å². The molecule has 1 aliphatic carbocycles. The molecule has 1 N–H and O–H groups in total. The van der Waals surface area contributed by atoms with Crippen LogP contribution in [-0.2, 0) is 23.9 Å². The number of hydrogen-bond acceptors (Lipinski definition) is 8. The van der Waals surface area contributed by atoms with Gasteiger partial charge in [0.15, 0.2) is 0 Å². The smallest absolute Gasteiger partial charge is 0.320 e. The highest BCUT2D eigenvalue weighted by Crippen LogP contribution is 2.39. The fourth-order valence-corrected chi connectivity index (χ4v) is 5.56. The van der Waals surface area contributed by atoms with Crippen molar-refractivity contribution in [3.05, 3.63) is 88.8 Å². The van der Waals surface area contributed by atoms with Gasteiger partial charge in [0.25, 0.3) is 11.8 Å². The zero-order valence-electron chi connectivity index (χ0n) is 26.0. The topological polar surface area (TPSA) is 136 Å². The summed E-state index contributed by atoms with van der Waals surface area (Å²) in [7, 11) is 1.49. The second kappa shape index (κ2) is 15.7. The number of benzene rings is 2. The number of nitrogens with one attached hydrogen (secondary N) is 1. The van der Waals surface area contributed by atoms with Crippen molar-refractivity contribution in [2.24, 2.45) is 0 Å². The standard InChI is InChI=1S/C33H32ClF3N6O5/c1-3-48-29(45)19-41(2)18-27(42(20-44)28-13-21(17-38)11-12-39-28)32(47)43(24-8-6-7-22(35)14-24)30(25-9-4-5-10-26(25)34)31(46)40-23-15-33(36,37)16-23/h4-14,20,23,27,30H,3,15-16,18-19H2,1-2H3,(H,40,46). The molecule has 0 bridgehead atoms. The maximum atomic E-state index is 15.0. The van der Waals surface area contributed by atoms with Gasteiger partial charge in [0, 0.05) is 47.9 Å². The third-order valence-corrected chi connectivity index (χ3v) is 7.87. The Bertz CT molecular complexity index is 1700. The predicted molar refractivity (Wildman–Crippen MR) is 170 cm³/mol. The summed E-state index contributed by atoms with van der Waals surface area (Å²) in [6, 6.07) is 11.3. The number of anilines is 2. The maximum absolute atomic E-state index is 15.0. The number of esters is 1. The van der Waals surface area contributed by atoms with Gasteiger partial charge in [0.2, 0.25) is 12.3 Å². The number of pyridine rings is 1. The molecule has 4 rings (SSSR count). The Morgan fingerprint density at radius 2 is 1.90 bits per heavy atom. The highest BCUT2D eigenvalue weighted by Gasteiger charge is 2.48. The third-order valence-electron chi connectivity index (χ3n) is 7.53. The summed E-state index contributed by atoms with van der Waals surface area (Å²) in [4.78, 5) is 61.5. The van der Waals surface area contributed by atoms with Crippen LogP contribution < -0.4 is 15.1 Å². The Morgan fingerprint density at radius 3 is 2.52 bits per heavy atom. The molecule has 0 saturated heterocycles. The molecule has 1 aliphatic rings. The molecule has 1 aromatic heterocycles. The zero-order chi connectivity index (χ0) is 35.0. The van der Waals surface area contributed by atoms with Crippen LogP contribution in [0.5, 0.6) is 0 Å². The molecule has 1 heterocycles. The fourth-order valence-electron chi connectivity index (χ4n) is 5.32. The second-order valence-corrected chi connectivity index (χ2v) is 11.5. The van der Waals surface area contributed by atoms with Crippen LogP contribution in [0.3, 0.4) is 0 Å². The van der Waals surface area contributed by atoms with Gasteiger partial charge in [-0.2, -0.15) is 5.26 Å². The van der Waals surface area contributed by atoms with E-state index < -0.39 is 60.5 Å². The van der Waals surface area contributed by atoms with E-state index in [9.17, 15) is 37.6 Å². The zero-order valence-corrected chi connectivity index (χ0v) is 26.7. The molecule has 1 saturated carbocycles. The van der Waals surface area contributed by atoms with Gasteiger partial charge in [-0.1, -0.05) is 35.9 Å². The van der Waals surface area contributed by atoms with Crippen molar-refractivity contribution in [3.8, 4) is 6.07 Å². The summed E-state index contributed by atoms with van der Waals surface area (Å²) in [6.07, 6.45) is 0.313. The van der Waals surface area contributed by atoms with E-state index in [0.717, 1.165) is 21.9 Å². The molecule has 2 unspecified atom stereocenters. The quantitative estimate of drug-likeness (QED) is 0.197. The Labute approximate surface area is 279 Å². The van der Waals surface area contributed by atoms with Gasteiger partial charge in [0.1, 0.15) is 23.7 Å². The molecular weight excluding hydrogens is 653 g/mol. The molecule has 3 aromatic rings. The Balaban J connectivity index is 1.89. The number of alkyl halides is 2.